The SMILES string of the molecule is C=C(C)C(=O)O.C=C(C)C(=O)O.CCC(CO)NCCO. The molecule has 0 radical (unpaired) electrons. The largest absolute Gasteiger partial charge is 0.478 e. The van der Waals surface area contributed by atoms with E-state index >= 15 is 0 Å². The van der Waals surface area contributed by atoms with Crippen LogP contribution in [0.5, 0.6) is 0 Å². The van der Waals surface area contributed by atoms with Crippen LogP contribution >= 0.6 is 0 Å². The van der Waals surface area contributed by atoms with Gasteiger partial charge >= 0.3 is 11.9 Å². The van der Waals surface area contributed by atoms with Crippen molar-refractivity contribution in [1.82, 2.24) is 5.32 Å². The maximum Gasteiger partial charge on any atom is 0.330 e. The van der Waals surface area contributed by atoms with Gasteiger partial charge in [0.15, 0.2) is 0 Å². The second-order valence-corrected chi connectivity index (χ2v) is 4.14. The molecule has 0 saturated carbocycles. The zero-order valence-corrected chi connectivity index (χ0v) is 12.9. The Morgan fingerprint density at radius 3 is 1.52 bits per heavy atom. The Kier molecular flexibility index (Phi) is 18.9. The van der Waals surface area contributed by atoms with E-state index in [9.17, 15) is 9.59 Å². The smallest absolute Gasteiger partial charge is 0.330 e. The summed E-state index contributed by atoms with van der Waals surface area (Å²) in [4.78, 5) is 19.2. The highest BCUT2D eigenvalue weighted by Gasteiger charge is 2.00. The zero-order chi connectivity index (χ0) is 17.4. The van der Waals surface area contributed by atoms with E-state index in [1.165, 1.54) is 13.8 Å². The number of hydrogen-bond donors (Lipinski definition) is 5. The lowest BCUT2D eigenvalue weighted by Crippen LogP contribution is -2.33. The molecule has 0 aromatic carbocycles. The van der Waals surface area contributed by atoms with Gasteiger partial charge in [0, 0.05) is 23.7 Å². The standard InChI is InChI=1S/C6H15NO2.2C4H6O2/c1-2-6(5-9)7-3-4-8;2*1-3(2)4(5)6/h6-9H,2-5H2,1H3;2*1H2,2H3,(H,5,6). The molecule has 124 valence electrons. The van der Waals surface area contributed by atoms with Gasteiger partial charge in [-0.15, -0.1) is 0 Å². The van der Waals surface area contributed by atoms with E-state index in [-0.39, 0.29) is 30.4 Å². The molecular formula is C14H27NO6. The van der Waals surface area contributed by atoms with E-state index in [0.29, 0.717) is 6.54 Å². The number of hydrogen-bond acceptors (Lipinski definition) is 5. The summed E-state index contributed by atoms with van der Waals surface area (Å²) in [6.45, 7) is 12.0. The zero-order valence-electron chi connectivity index (χ0n) is 12.9. The van der Waals surface area contributed by atoms with Gasteiger partial charge in [0.05, 0.1) is 13.2 Å². The fraction of sp³-hybridized carbons (Fsp3) is 0.571. The van der Waals surface area contributed by atoms with Crippen LogP contribution < -0.4 is 5.32 Å². The molecule has 1 atom stereocenters. The average Bonchev–Trinajstić information content (AvgIpc) is 2.41. The van der Waals surface area contributed by atoms with Crippen LogP contribution in [0.2, 0.25) is 0 Å². The van der Waals surface area contributed by atoms with Gasteiger partial charge in [0.25, 0.3) is 0 Å². The van der Waals surface area contributed by atoms with Crippen molar-refractivity contribution in [1.29, 1.82) is 0 Å². The third-order valence-corrected chi connectivity index (χ3v) is 1.99. The van der Waals surface area contributed by atoms with Crippen molar-refractivity contribution in [2.75, 3.05) is 19.8 Å². The van der Waals surface area contributed by atoms with Crippen molar-refractivity contribution in [3.63, 3.8) is 0 Å². The molecule has 0 aromatic heterocycles. The maximum absolute atomic E-state index is 9.60. The van der Waals surface area contributed by atoms with E-state index in [1.54, 1.807) is 0 Å². The minimum atomic E-state index is -0.935. The van der Waals surface area contributed by atoms with Crippen LogP contribution in [0.4, 0.5) is 0 Å². The van der Waals surface area contributed by atoms with E-state index in [0.717, 1.165) is 6.42 Å². The topological polar surface area (TPSA) is 127 Å². The van der Waals surface area contributed by atoms with Gasteiger partial charge in [-0.25, -0.2) is 9.59 Å². The summed E-state index contributed by atoms with van der Waals surface area (Å²) in [6, 6.07) is 0.150. The van der Waals surface area contributed by atoms with Crippen LogP contribution in [0.1, 0.15) is 27.2 Å². The first-order valence-electron chi connectivity index (χ1n) is 6.36. The summed E-state index contributed by atoms with van der Waals surface area (Å²) < 4.78 is 0. The Bertz CT molecular complexity index is 275. The van der Waals surface area contributed by atoms with E-state index < -0.39 is 11.9 Å². The fourth-order valence-electron chi connectivity index (χ4n) is 0.607. The van der Waals surface area contributed by atoms with Crippen LogP contribution in [0.15, 0.2) is 24.3 Å². The van der Waals surface area contributed by atoms with Crippen molar-refractivity contribution >= 4 is 11.9 Å². The normalized spacial score (nSPS) is 10.1. The van der Waals surface area contributed by atoms with Gasteiger partial charge in [-0.05, 0) is 20.3 Å². The highest BCUT2D eigenvalue weighted by Crippen LogP contribution is 1.86. The minimum absolute atomic E-state index is 0.135. The first kappa shape index (κ1) is 24.3. The number of carboxylic acid groups (broad SMARTS) is 2. The lowest BCUT2D eigenvalue weighted by atomic mass is 10.2. The number of nitrogens with one attached hydrogen (secondary N) is 1. The molecule has 21 heavy (non-hydrogen) atoms. The van der Waals surface area contributed by atoms with E-state index in [2.05, 4.69) is 18.5 Å². The molecule has 0 aliphatic rings. The molecule has 0 bridgehead atoms. The van der Waals surface area contributed by atoms with Crippen molar-refractivity contribution in [3.05, 3.63) is 24.3 Å². The Morgan fingerprint density at radius 1 is 1.05 bits per heavy atom. The molecule has 0 spiro atoms. The van der Waals surface area contributed by atoms with E-state index in [4.69, 9.17) is 20.4 Å². The number of rotatable bonds is 7. The molecule has 0 amide bonds. The molecule has 0 fully saturated rings. The van der Waals surface area contributed by atoms with Gasteiger partial charge in [-0.3, -0.25) is 0 Å². The third-order valence-electron chi connectivity index (χ3n) is 1.99. The summed E-state index contributed by atoms with van der Waals surface area (Å²) in [7, 11) is 0. The molecule has 5 N–H and O–H groups in total. The second kappa shape index (κ2) is 16.4. The minimum Gasteiger partial charge on any atom is -0.478 e. The molecule has 0 aliphatic carbocycles. The Balaban J connectivity index is -0.000000240. The Hall–Kier alpha value is -1.70. The fourth-order valence-corrected chi connectivity index (χ4v) is 0.607. The molecule has 0 rings (SSSR count). The molecule has 7 nitrogen and oxygen atoms in total. The van der Waals surface area contributed by atoms with Gasteiger partial charge in [-0.1, -0.05) is 20.1 Å². The van der Waals surface area contributed by atoms with Gasteiger partial charge in [0.2, 0.25) is 0 Å². The van der Waals surface area contributed by atoms with Crippen molar-refractivity contribution in [2.45, 2.75) is 33.2 Å². The first-order valence-corrected chi connectivity index (χ1v) is 6.36. The summed E-state index contributed by atoms with van der Waals surface area (Å²) >= 11 is 0. The highest BCUT2D eigenvalue weighted by molar-refractivity contribution is 5.85. The molecule has 0 aromatic rings. The quantitative estimate of drug-likeness (QED) is 0.437. The van der Waals surface area contributed by atoms with Crippen LogP contribution in [-0.2, 0) is 9.59 Å². The molecule has 0 saturated heterocycles. The van der Waals surface area contributed by atoms with Gasteiger partial charge < -0.3 is 25.7 Å². The molecular weight excluding hydrogens is 278 g/mol. The van der Waals surface area contributed by atoms with E-state index in [1.807, 2.05) is 6.92 Å². The summed E-state index contributed by atoms with van der Waals surface area (Å²) in [5, 5.41) is 35.7. The predicted octanol–water partition coefficient (Wildman–Crippen LogP) is 0.633. The molecule has 0 aliphatic heterocycles. The monoisotopic (exact) mass is 305 g/mol. The number of carboxylic acids is 2. The van der Waals surface area contributed by atoms with Crippen molar-refractivity contribution in [2.24, 2.45) is 0 Å². The van der Waals surface area contributed by atoms with Crippen LogP contribution in [0, 0.1) is 0 Å². The summed E-state index contributed by atoms with van der Waals surface area (Å²) in [5.74, 6) is -1.87. The maximum atomic E-state index is 9.60. The van der Waals surface area contributed by atoms with Gasteiger partial charge in [-0.2, -0.15) is 0 Å². The summed E-state index contributed by atoms with van der Waals surface area (Å²) in [5.41, 5.74) is 0.352. The predicted molar refractivity (Wildman–Crippen MR) is 81.2 cm³/mol. The molecule has 0 heterocycles. The first-order chi connectivity index (χ1) is 9.63. The molecule has 7 heteroatoms. The number of aliphatic hydroxyl groups excluding tert-OH is 2. The summed E-state index contributed by atoms with van der Waals surface area (Å²) in [6.07, 6.45) is 0.899. The lowest BCUT2D eigenvalue weighted by molar-refractivity contribution is -0.133. The average molecular weight is 305 g/mol. The van der Waals surface area contributed by atoms with Crippen LogP contribution in [0.3, 0.4) is 0 Å². The van der Waals surface area contributed by atoms with Crippen LogP contribution in [0.25, 0.3) is 0 Å². The second-order valence-electron chi connectivity index (χ2n) is 4.14. The number of carbonyl (C=O) groups is 2. The molecule has 1 unspecified atom stereocenters. The third kappa shape index (κ3) is 23.8. The number of aliphatic carboxylic acids is 2. The van der Waals surface area contributed by atoms with Crippen molar-refractivity contribution in [3.8, 4) is 0 Å². The van der Waals surface area contributed by atoms with Gasteiger partial charge in [0.1, 0.15) is 0 Å². The number of aliphatic hydroxyl groups is 2. The lowest BCUT2D eigenvalue weighted by Gasteiger charge is -2.11. The Morgan fingerprint density at radius 2 is 1.38 bits per heavy atom. The highest BCUT2D eigenvalue weighted by atomic mass is 16.4. The Labute approximate surface area is 125 Å². The van der Waals surface area contributed by atoms with Crippen molar-refractivity contribution < 1.29 is 30.0 Å². The van der Waals surface area contributed by atoms with Crippen LogP contribution in [-0.4, -0.2) is 58.2 Å².